The summed E-state index contributed by atoms with van der Waals surface area (Å²) in [6, 6.07) is 18.1. The first-order chi connectivity index (χ1) is 10.4. The predicted molar refractivity (Wildman–Crippen MR) is 87.2 cm³/mol. The van der Waals surface area contributed by atoms with Gasteiger partial charge in [0.25, 0.3) is 0 Å². The van der Waals surface area contributed by atoms with Crippen molar-refractivity contribution >= 4 is 5.57 Å². The van der Waals surface area contributed by atoms with Crippen LogP contribution >= 0.6 is 0 Å². The summed E-state index contributed by atoms with van der Waals surface area (Å²) >= 11 is 0. The summed E-state index contributed by atoms with van der Waals surface area (Å²) in [7, 11) is 0. The second kappa shape index (κ2) is 5.50. The first kappa shape index (κ1) is 12.8. The van der Waals surface area contributed by atoms with Crippen molar-refractivity contribution in [3.8, 4) is 0 Å². The standard InChI is InChI=1S/C20H21N/c1-3-7-18-15(5-1)9-10-16-6-2-4-8-19(16)20(18)17-11-13-21-14-12-17/h1-8,21H,9-14H2/p+1. The third kappa shape index (κ3) is 2.32. The lowest BCUT2D eigenvalue weighted by atomic mass is 9.86. The number of piperidine rings is 1. The molecule has 0 unspecified atom stereocenters. The number of nitrogens with two attached hydrogens (primary N) is 1. The minimum absolute atomic E-state index is 1.16. The molecule has 2 aromatic rings. The average molecular weight is 276 g/mol. The van der Waals surface area contributed by atoms with Crippen LogP contribution in [0.4, 0.5) is 0 Å². The van der Waals surface area contributed by atoms with Crippen molar-refractivity contribution in [2.24, 2.45) is 0 Å². The van der Waals surface area contributed by atoms with Crippen molar-refractivity contribution < 1.29 is 5.32 Å². The van der Waals surface area contributed by atoms with E-state index in [0.29, 0.717) is 0 Å². The maximum Gasteiger partial charge on any atom is 0.0793 e. The van der Waals surface area contributed by atoms with Crippen molar-refractivity contribution in [2.45, 2.75) is 25.7 Å². The van der Waals surface area contributed by atoms with Crippen molar-refractivity contribution in [3.63, 3.8) is 0 Å². The SMILES string of the molecule is c1ccc2c(c1)CCc1ccccc1C2=C1CC[NH2+]CC1. The fourth-order valence-corrected chi connectivity index (χ4v) is 3.83. The topological polar surface area (TPSA) is 16.6 Å². The molecule has 4 rings (SSSR count). The van der Waals surface area contributed by atoms with Gasteiger partial charge in [-0.25, -0.2) is 0 Å². The van der Waals surface area contributed by atoms with E-state index in [-0.39, 0.29) is 0 Å². The summed E-state index contributed by atoms with van der Waals surface area (Å²) in [4.78, 5) is 0. The van der Waals surface area contributed by atoms with Gasteiger partial charge in [-0.15, -0.1) is 0 Å². The molecule has 1 nitrogen and oxygen atoms in total. The largest absolute Gasteiger partial charge is 0.346 e. The van der Waals surface area contributed by atoms with Crippen molar-refractivity contribution in [2.75, 3.05) is 13.1 Å². The van der Waals surface area contributed by atoms with E-state index in [2.05, 4.69) is 53.8 Å². The summed E-state index contributed by atoms with van der Waals surface area (Å²) in [5.74, 6) is 0. The number of hydrogen-bond donors (Lipinski definition) is 1. The molecule has 2 aromatic carbocycles. The maximum atomic E-state index is 2.44. The lowest BCUT2D eigenvalue weighted by molar-refractivity contribution is -0.658. The third-order valence-electron chi connectivity index (χ3n) is 4.89. The van der Waals surface area contributed by atoms with E-state index in [0.717, 1.165) is 12.8 Å². The molecule has 1 saturated heterocycles. The van der Waals surface area contributed by atoms with Gasteiger partial charge in [-0.05, 0) is 40.7 Å². The minimum atomic E-state index is 1.16. The van der Waals surface area contributed by atoms with Gasteiger partial charge in [0.1, 0.15) is 0 Å². The third-order valence-corrected chi connectivity index (χ3v) is 4.89. The first-order valence-electron chi connectivity index (χ1n) is 8.14. The van der Waals surface area contributed by atoms with Crippen LogP contribution in [0.15, 0.2) is 54.1 Å². The Bertz CT molecular complexity index is 639. The van der Waals surface area contributed by atoms with Gasteiger partial charge in [-0.2, -0.15) is 0 Å². The Morgan fingerprint density at radius 2 is 1.14 bits per heavy atom. The second-order valence-electron chi connectivity index (χ2n) is 6.16. The molecule has 2 N–H and O–H groups in total. The van der Waals surface area contributed by atoms with Crippen LogP contribution in [0.5, 0.6) is 0 Å². The number of hydrogen-bond acceptors (Lipinski definition) is 0. The van der Waals surface area contributed by atoms with E-state index in [4.69, 9.17) is 0 Å². The number of benzene rings is 2. The maximum absolute atomic E-state index is 2.44. The van der Waals surface area contributed by atoms with Crippen LogP contribution in [0, 0.1) is 0 Å². The highest BCUT2D eigenvalue weighted by Crippen LogP contribution is 2.37. The first-order valence-corrected chi connectivity index (χ1v) is 8.14. The van der Waals surface area contributed by atoms with Crippen LogP contribution < -0.4 is 5.32 Å². The molecule has 1 aliphatic heterocycles. The smallest absolute Gasteiger partial charge is 0.0793 e. The molecule has 0 bridgehead atoms. The molecule has 1 heteroatoms. The molecule has 1 fully saturated rings. The van der Waals surface area contributed by atoms with E-state index >= 15 is 0 Å². The molecular weight excluding hydrogens is 254 g/mol. The molecule has 0 aromatic heterocycles. The Labute approximate surface area is 126 Å². The zero-order chi connectivity index (χ0) is 14.1. The molecule has 0 saturated carbocycles. The lowest BCUT2D eigenvalue weighted by Gasteiger charge is -2.20. The number of rotatable bonds is 0. The van der Waals surface area contributed by atoms with Gasteiger partial charge in [0, 0.05) is 12.8 Å². The highest BCUT2D eigenvalue weighted by Gasteiger charge is 2.22. The van der Waals surface area contributed by atoms with Gasteiger partial charge in [-0.3, -0.25) is 0 Å². The summed E-state index contributed by atoms with van der Waals surface area (Å²) < 4.78 is 0. The van der Waals surface area contributed by atoms with E-state index in [1.165, 1.54) is 48.2 Å². The molecule has 21 heavy (non-hydrogen) atoms. The summed E-state index contributed by atoms with van der Waals surface area (Å²) in [5, 5.41) is 2.44. The van der Waals surface area contributed by atoms with Gasteiger partial charge in [-0.1, -0.05) is 54.1 Å². The normalized spacial score (nSPS) is 17.9. The fourth-order valence-electron chi connectivity index (χ4n) is 3.83. The Morgan fingerprint density at radius 3 is 1.71 bits per heavy atom. The predicted octanol–water partition coefficient (Wildman–Crippen LogP) is 2.94. The van der Waals surface area contributed by atoms with Crippen molar-refractivity contribution in [1.82, 2.24) is 0 Å². The summed E-state index contributed by atoms with van der Waals surface area (Å²) in [6.07, 6.45) is 4.79. The molecule has 0 radical (unpaired) electrons. The highest BCUT2D eigenvalue weighted by atomic mass is 14.9. The molecule has 0 atom stereocenters. The zero-order valence-electron chi connectivity index (χ0n) is 12.4. The average Bonchev–Trinajstić information content (AvgIpc) is 2.72. The second-order valence-corrected chi connectivity index (χ2v) is 6.16. The fraction of sp³-hybridized carbons (Fsp3) is 0.300. The van der Waals surface area contributed by atoms with Crippen LogP contribution in [0.2, 0.25) is 0 Å². The van der Waals surface area contributed by atoms with Crippen LogP contribution in [-0.2, 0) is 12.8 Å². The Kier molecular flexibility index (Phi) is 3.36. The molecule has 2 aliphatic rings. The minimum Gasteiger partial charge on any atom is -0.346 e. The van der Waals surface area contributed by atoms with Gasteiger partial charge < -0.3 is 5.32 Å². The Balaban J connectivity index is 1.98. The molecule has 0 amide bonds. The zero-order valence-corrected chi connectivity index (χ0v) is 12.4. The number of quaternary nitrogens is 1. The molecule has 1 heterocycles. The molecule has 0 spiro atoms. The molecule has 1 aliphatic carbocycles. The van der Waals surface area contributed by atoms with E-state index < -0.39 is 0 Å². The van der Waals surface area contributed by atoms with Crippen LogP contribution in [-0.4, -0.2) is 13.1 Å². The lowest BCUT2D eigenvalue weighted by Crippen LogP contribution is -2.85. The number of fused-ring (bicyclic) bond motifs is 2. The van der Waals surface area contributed by atoms with Crippen LogP contribution in [0.1, 0.15) is 35.1 Å². The van der Waals surface area contributed by atoms with Gasteiger partial charge in [0.05, 0.1) is 13.1 Å². The monoisotopic (exact) mass is 276 g/mol. The van der Waals surface area contributed by atoms with E-state index in [1.54, 1.807) is 11.1 Å². The number of aryl methyl sites for hydroxylation is 2. The quantitative estimate of drug-likeness (QED) is 0.762. The summed E-state index contributed by atoms with van der Waals surface area (Å²) in [6.45, 7) is 2.48. The van der Waals surface area contributed by atoms with Gasteiger partial charge in [0.15, 0.2) is 0 Å². The highest BCUT2D eigenvalue weighted by molar-refractivity contribution is 5.86. The Hall–Kier alpha value is -1.86. The van der Waals surface area contributed by atoms with E-state index in [1.807, 2.05) is 0 Å². The van der Waals surface area contributed by atoms with Gasteiger partial charge >= 0.3 is 0 Å². The molecule has 106 valence electrons. The van der Waals surface area contributed by atoms with Gasteiger partial charge in [0.2, 0.25) is 0 Å². The van der Waals surface area contributed by atoms with Crippen LogP contribution in [0.3, 0.4) is 0 Å². The van der Waals surface area contributed by atoms with Crippen molar-refractivity contribution in [1.29, 1.82) is 0 Å². The van der Waals surface area contributed by atoms with Crippen molar-refractivity contribution in [3.05, 3.63) is 76.4 Å². The summed E-state index contributed by atoms with van der Waals surface area (Å²) in [5.41, 5.74) is 9.22. The Morgan fingerprint density at radius 1 is 0.619 bits per heavy atom. The van der Waals surface area contributed by atoms with Crippen LogP contribution in [0.25, 0.3) is 5.57 Å². The molecular formula is C20H22N+. The van der Waals surface area contributed by atoms with E-state index in [9.17, 15) is 0 Å².